The molecule has 2 heterocycles. The Hall–Kier alpha value is -2.87. The van der Waals surface area contributed by atoms with Gasteiger partial charge in [0.15, 0.2) is 5.16 Å². The Bertz CT molecular complexity index is 941. The van der Waals surface area contributed by atoms with Crippen LogP contribution in [-0.2, 0) is 11.3 Å². The van der Waals surface area contributed by atoms with Crippen molar-refractivity contribution in [2.75, 3.05) is 18.2 Å². The molecule has 2 aromatic heterocycles. The highest BCUT2D eigenvalue weighted by molar-refractivity contribution is 7.99. The van der Waals surface area contributed by atoms with Gasteiger partial charge in [0.2, 0.25) is 5.91 Å². The van der Waals surface area contributed by atoms with Gasteiger partial charge in [-0.25, -0.2) is 9.97 Å². The number of benzene rings is 1. The Balaban J connectivity index is 1.66. The standard InChI is InChI=1S/C19H21N5O2S/c1-4-24-13(2)14(11-21-24)15-9-10-20-19(23-15)27-12-18(25)22-16-7-5-6-8-17(16)26-3/h5-11H,4,12H2,1-3H3,(H,22,25). The maximum atomic E-state index is 12.2. The molecule has 0 aliphatic heterocycles. The molecule has 140 valence electrons. The Labute approximate surface area is 162 Å². The first-order chi connectivity index (χ1) is 13.1. The minimum atomic E-state index is -0.145. The molecule has 3 aromatic rings. The third-order valence-corrected chi connectivity index (χ3v) is 4.89. The van der Waals surface area contributed by atoms with E-state index in [0.29, 0.717) is 16.6 Å². The highest BCUT2D eigenvalue weighted by Gasteiger charge is 2.12. The second-order valence-corrected chi connectivity index (χ2v) is 6.66. The molecule has 8 heteroatoms. The van der Waals surface area contributed by atoms with Gasteiger partial charge in [-0.1, -0.05) is 23.9 Å². The predicted molar refractivity (Wildman–Crippen MR) is 106 cm³/mol. The lowest BCUT2D eigenvalue weighted by Crippen LogP contribution is -2.15. The number of rotatable bonds is 7. The van der Waals surface area contributed by atoms with E-state index < -0.39 is 0 Å². The summed E-state index contributed by atoms with van der Waals surface area (Å²) in [4.78, 5) is 21.1. The molecule has 1 N–H and O–H groups in total. The summed E-state index contributed by atoms with van der Waals surface area (Å²) >= 11 is 1.29. The van der Waals surface area contributed by atoms with Crippen molar-refractivity contribution in [2.24, 2.45) is 0 Å². The minimum absolute atomic E-state index is 0.145. The topological polar surface area (TPSA) is 81.9 Å². The molecular weight excluding hydrogens is 362 g/mol. The highest BCUT2D eigenvalue weighted by atomic mass is 32.2. The fourth-order valence-electron chi connectivity index (χ4n) is 2.64. The van der Waals surface area contributed by atoms with Crippen molar-refractivity contribution in [2.45, 2.75) is 25.5 Å². The zero-order valence-corrected chi connectivity index (χ0v) is 16.3. The van der Waals surface area contributed by atoms with Crippen LogP contribution in [0.4, 0.5) is 5.69 Å². The van der Waals surface area contributed by atoms with Crippen molar-refractivity contribution >= 4 is 23.4 Å². The first-order valence-electron chi connectivity index (χ1n) is 8.54. The lowest BCUT2D eigenvalue weighted by Gasteiger charge is -2.09. The molecule has 0 aliphatic rings. The number of anilines is 1. The number of ether oxygens (including phenoxy) is 1. The third-order valence-electron chi connectivity index (χ3n) is 4.03. The van der Waals surface area contributed by atoms with Gasteiger partial charge in [0, 0.05) is 24.0 Å². The van der Waals surface area contributed by atoms with Gasteiger partial charge < -0.3 is 10.1 Å². The first kappa shape index (κ1) is 18.9. The van der Waals surface area contributed by atoms with Gasteiger partial charge in [-0.15, -0.1) is 0 Å². The molecule has 1 amide bonds. The molecule has 0 bridgehead atoms. The summed E-state index contributed by atoms with van der Waals surface area (Å²) in [5, 5.41) is 7.74. The summed E-state index contributed by atoms with van der Waals surface area (Å²) < 4.78 is 7.16. The normalized spacial score (nSPS) is 10.6. The van der Waals surface area contributed by atoms with E-state index in [1.165, 1.54) is 11.8 Å². The van der Waals surface area contributed by atoms with Gasteiger partial charge in [-0.05, 0) is 32.0 Å². The number of aryl methyl sites for hydroxylation is 1. The molecule has 3 rings (SSSR count). The molecule has 0 unspecified atom stereocenters. The lowest BCUT2D eigenvalue weighted by molar-refractivity contribution is -0.113. The summed E-state index contributed by atoms with van der Waals surface area (Å²) in [6.45, 7) is 4.87. The van der Waals surface area contributed by atoms with Crippen molar-refractivity contribution in [1.82, 2.24) is 19.7 Å². The van der Waals surface area contributed by atoms with Gasteiger partial charge in [-0.3, -0.25) is 9.48 Å². The van der Waals surface area contributed by atoms with Crippen LogP contribution in [0.1, 0.15) is 12.6 Å². The van der Waals surface area contributed by atoms with Crippen LogP contribution in [0.15, 0.2) is 47.9 Å². The lowest BCUT2D eigenvalue weighted by atomic mass is 10.2. The maximum Gasteiger partial charge on any atom is 0.234 e. The second kappa shape index (κ2) is 8.68. The fourth-order valence-corrected chi connectivity index (χ4v) is 3.27. The Morgan fingerprint density at radius 2 is 2.11 bits per heavy atom. The van der Waals surface area contributed by atoms with E-state index in [2.05, 4.69) is 20.4 Å². The van der Waals surface area contributed by atoms with E-state index in [4.69, 9.17) is 4.74 Å². The molecule has 1 aromatic carbocycles. The van der Waals surface area contributed by atoms with Gasteiger partial charge in [0.1, 0.15) is 5.75 Å². The molecule has 0 spiro atoms. The molecule has 0 aliphatic carbocycles. The van der Waals surface area contributed by atoms with Crippen LogP contribution in [0.5, 0.6) is 5.75 Å². The number of nitrogens with one attached hydrogen (secondary N) is 1. The molecule has 0 fully saturated rings. The highest BCUT2D eigenvalue weighted by Crippen LogP contribution is 2.25. The van der Waals surface area contributed by atoms with Gasteiger partial charge in [0.05, 0.1) is 30.4 Å². The Kier molecular flexibility index (Phi) is 6.08. The number of aromatic nitrogens is 4. The number of hydrogen-bond donors (Lipinski definition) is 1. The number of carbonyl (C=O) groups excluding carboxylic acids is 1. The summed E-state index contributed by atoms with van der Waals surface area (Å²) in [5.41, 5.74) is 3.47. The molecule has 7 nitrogen and oxygen atoms in total. The number of thioether (sulfide) groups is 1. The third kappa shape index (κ3) is 4.46. The molecule has 0 saturated carbocycles. The van der Waals surface area contributed by atoms with Crippen LogP contribution >= 0.6 is 11.8 Å². The van der Waals surface area contributed by atoms with Crippen molar-refractivity contribution in [1.29, 1.82) is 0 Å². The van der Waals surface area contributed by atoms with Gasteiger partial charge in [-0.2, -0.15) is 5.10 Å². The van der Waals surface area contributed by atoms with Crippen LogP contribution in [0.3, 0.4) is 0 Å². The van der Waals surface area contributed by atoms with Crippen LogP contribution < -0.4 is 10.1 Å². The van der Waals surface area contributed by atoms with Gasteiger partial charge >= 0.3 is 0 Å². The molecular formula is C19H21N5O2S. The SMILES string of the molecule is CCn1ncc(-c2ccnc(SCC(=O)Nc3ccccc3OC)n2)c1C. The van der Waals surface area contributed by atoms with Crippen molar-refractivity contribution in [3.63, 3.8) is 0 Å². The Morgan fingerprint density at radius 3 is 2.85 bits per heavy atom. The first-order valence-corrected chi connectivity index (χ1v) is 9.52. The maximum absolute atomic E-state index is 12.2. The molecule has 0 radical (unpaired) electrons. The monoisotopic (exact) mass is 383 g/mol. The predicted octanol–water partition coefficient (Wildman–Crippen LogP) is 3.41. The number of para-hydroxylation sites is 2. The molecule has 0 saturated heterocycles. The minimum Gasteiger partial charge on any atom is -0.495 e. The summed E-state index contributed by atoms with van der Waals surface area (Å²) in [6, 6.07) is 9.14. The van der Waals surface area contributed by atoms with E-state index in [-0.39, 0.29) is 11.7 Å². The van der Waals surface area contributed by atoms with Crippen LogP contribution in [0, 0.1) is 6.92 Å². The number of hydrogen-bond acceptors (Lipinski definition) is 6. The number of carbonyl (C=O) groups is 1. The van der Waals surface area contributed by atoms with Crippen LogP contribution in [0.25, 0.3) is 11.3 Å². The number of amides is 1. The smallest absolute Gasteiger partial charge is 0.234 e. The zero-order chi connectivity index (χ0) is 19.2. The second-order valence-electron chi connectivity index (χ2n) is 5.72. The van der Waals surface area contributed by atoms with Crippen molar-refractivity contribution in [3.8, 4) is 17.0 Å². The van der Waals surface area contributed by atoms with E-state index in [0.717, 1.165) is 23.5 Å². The molecule has 27 heavy (non-hydrogen) atoms. The van der Waals surface area contributed by atoms with E-state index in [9.17, 15) is 4.79 Å². The summed E-state index contributed by atoms with van der Waals surface area (Å²) in [6.07, 6.45) is 3.51. The number of nitrogens with zero attached hydrogens (tertiary/aromatic N) is 4. The zero-order valence-electron chi connectivity index (χ0n) is 15.5. The van der Waals surface area contributed by atoms with E-state index in [1.54, 1.807) is 25.4 Å². The van der Waals surface area contributed by atoms with E-state index in [1.807, 2.05) is 42.9 Å². The quantitative estimate of drug-likeness (QED) is 0.497. The van der Waals surface area contributed by atoms with E-state index >= 15 is 0 Å². The van der Waals surface area contributed by atoms with Gasteiger partial charge in [0.25, 0.3) is 0 Å². The van der Waals surface area contributed by atoms with Crippen molar-refractivity contribution in [3.05, 3.63) is 48.4 Å². The summed E-state index contributed by atoms with van der Waals surface area (Å²) in [5.74, 6) is 0.681. The fraction of sp³-hybridized carbons (Fsp3) is 0.263. The average Bonchev–Trinajstić information content (AvgIpc) is 3.07. The summed E-state index contributed by atoms with van der Waals surface area (Å²) in [7, 11) is 1.57. The van der Waals surface area contributed by atoms with Crippen LogP contribution in [-0.4, -0.2) is 38.5 Å². The van der Waals surface area contributed by atoms with Crippen molar-refractivity contribution < 1.29 is 9.53 Å². The molecule has 0 atom stereocenters. The average molecular weight is 383 g/mol. The Morgan fingerprint density at radius 1 is 1.30 bits per heavy atom. The number of methoxy groups -OCH3 is 1. The largest absolute Gasteiger partial charge is 0.495 e. The van der Waals surface area contributed by atoms with Crippen LogP contribution in [0.2, 0.25) is 0 Å².